The highest BCUT2D eigenvalue weighted by Crippen LogP contribution is 2.51. The summed E-state index contributed by atoms with van der Waals surface area (Å²) in [7, 11) is -5.72. The summed E-state index contributed by atoms with van der Waals surface area (Å²) in [6, 6.07) is 12.0. The van der Waals surface area contributed by atoms with Gasteiger partial charge in [0.2, 0.25) is 11.9 Å². The number of nitrogens with two attached hydrogens (primary N) is 2. The van der Waals surface area contributed by atoms with Gasteiger partial charge in [-0.05, 0) is 53.8 Å². The predicted molar refractivity (Wildman–Crippen MR) is 192 cm³/mol. The number of nitrogens with zero attached hydrogens (tertiary/aromatic N) is 5. The van der Waals surface area contributed by atoms with Gasteiger partial charge >= 0.3 is 0 Å². The number of fused-ring (bicyclic) bond motifs is 4. The van der Waals surface area contributed by atoms with Crippen LogP contribution in [0, 0.1) is 0 Å². The zero-order valence-corrected chi connectivity index (χ0v) is 31.4. The fourth-order valence-electron chi connectivity index (χ4n) is 6.70. The molecule has 2 saturated heterocycles. The summed E-state index contributed by atoms with van der Waals surface area (Å²) >= 11 is 24.1. The van der Waals surface area contributed by atoms with E-state index < -0.39 is 25.1 Å². The largest absolute Gasteiger partial charge is 0.368 e. The first-order valence-corrected chi connectivity index (χ1v) is 20.4. The van der Waals surface area contributed by atoms with E-state index >= 15 is 0 Å². The third-order valence-electron chi connectivity index (χ3n) is 8.50. The minimum absolute atomic E-state index is 0.0329. The summed E-state index contributed by atoms with van der Waals surface area (Å²) < 4.78 is 48.2. The molecule has 248 valence electrons. The summed E-state index contributed by atoms with van der Waals surface area (Å²) in [4.78, 5) is 17.2. The highest BCUT2D eigenvalue weighted by atomic mass is 79.9. The molecular formula is C29H26Br2Cl3N7O4S2. The second kappa shape index (κ2) is 12.6. The van der Waals surface area contributed by atoms with Crippen LogP contribution in [0.5, 0.6) is 0 Å². The number of rotatable bonds is 1. The van der Waals surface area contributed by atoms with E-state index in [-0.39, 0.29) is 34.0 Å². The molecule has 2 fully saturated rings. The quantitative estimate of drug-likeness (QED) is 0.224. The van der Waals surface area contributed by atoms with Crippen molar-refractivity contribution in [2.45, 2.75) is 23.7 Å². The van der Waals surface area contributed by atoms with Gasteiger partial charge in [0, 0.05) is 32.0 Å². The minimum atomic E-state index is -2.98. The van der Waals surface area contributed by atoms with Crippen LogP contribution >= 0.6 is 66.7 Å². The van der Waals surface area contributed by atoms with E-state index in [0.29, 0.717) is 33.9 Å². The van der Waals surface area contributed by atoms with Crippen LogP contribution in [-0.2, 0) is 36.9 Å². The van der Waals surface area contributed by atoms with Crippen molar-refractivity contribution in [1.29, 1.82) is 0 Å². The molecule has 18 heteroatoms. The van der Waals surface area contributed by atoms with Crippen LogP contribution in [0.4, 0.5) is 23.4 Å². The molecule has 0 unspecified atom stereocenters. The molecule has 11 nitrogen and oxygen atoms in total. The Balaban J connectivity index is 0.000000138. The fraction of sp³-hybridized carbons (Fsp3) is 0.310. The van der Waals surface area contributed by atoms with E-state index in [1.54, 1.807) is 0 Å². The number of nitrogen functional groups attached to an aromatic ring is 2. The van der Waals surface area contributed by atoms with E-state index in [1.807, 2.05) is 29.2 Å². The van der Waals surface area contributed by atoms with Crippen molar-refractivity contribution in [3.8, 4) is 0 Å². The minimum Gasteiger partial charge on any atom is -0.368 e. The number of hydrogen-bond acceptors (Lipinski definition) is 11. The van der Waals surface area contributed by atoms with Crippen molar-refractivity contribution in [2.75, 3.05) is 45.9 Å². The summed E-state index contributed by atoms with van der Waals surface area (Å²) in [6.07, 6.45) is 4.83. The molecule has 8 rings (SSSR count). The van der Waals surface area contributed by atoms with Gasteiger partial charge in [0.05, 0.1) is 40.4 Å². The lowest BCUT2D eigenvalue weighted by molar-refractivity contribution is 0.455. The summed E-state index contributed by atoms with van der Waals surface area (Å²) in [5, 5.41) is 0.874. The topological polar surface area (TPSA) is 175 Å². The van der Waals surface area contributed by atoms with E-state index in [2.05, 4.69) is 63.9 Å². The SMILES string of the molecule is Nc1ncc(Cl)c(Cl)n1.Nc1ncc(Cl)c(N2CC3(CS(=O)(=O)C3)c3ccc(Br)cc32)n1.O=S1(=O)CC2(CCc3cc(Br)ccc32)C1. The van der Waals surface area contributed by atoms with Gasteiger partial charge in [-0.1, -0.05) is 78.8 Å². The maximum absolute atomic E-state index is 11.8. The number of anilines is 4. The molecule has 0 saturated carbocycles. The van der Waals surface area contributed by atoms with Crippen LogP contribution in [0.2, 0.25) is 15.2 Å². The molecule has 0 atom stereocenters. The summed E-state index contributed by atoms with van der Waals surface area (Å²) in [5.74, 6) is 1.75. The lowest BCUT2D eigenvalue weighted by Crippen LogP contribution is -2.54. The van der Waals surface area contributed by atoms with Gasteiger partial charge in [-0.25, -0.2) is 26.8 Å². The van der Waals surface area contributed by atoms with Gasteiger partial charge in [-0.3, -0.25) is 0 Å². The first-order chi connectivity index (χ1) is 22.0. The Morgan fingerprint density at radius 2 is 1.30 bits per heavy atom. The Morgan fingerprint density at radius 3 is 1.89 bits per heavy atom. The van der Waals surface area contributed by atoms with Gasteiger partial charge in [0.1, 0.15) is 5.02 Å². The Hall–Kier alpha value is -2.27. The maximum atomic E-state index is 11.8. The molecule has 2 aromatic heterocycles. The molecule has 4 aliphatic rings. The summed E-state index contributed by atoms with van der Waals surface area (Å²) in [6.45, 7) is 0.508. The molecule has 2 spiro atoms. The molecule has 2 aromatic carbocycles. The molecule has 3 aliphatic heterocycles. The molecule has 5 heterocycles. The van der Waals surface area contributed by atoms with Gasteiger partial charge in [-0.15, -0.1) is 0 Å². The van der Waals surface area contributed by atoms with Crippen molar-refractivity contribution in [3.63, 3.8) is 0 Å². The molecule has 47 heavy (non-hydrogen) atoms. The number of benzene rings is 2. The van der Waals surface area contributed by atoms with Crippen LogP contribution in [0.15, 0.2) is 57.7 Å². The van der Waals surface area contributed by atoms with Gasteiger partial charge in [0.25, 0.3) is 0 Å². The molecule has 1 aliphatic carbocycles. The molecule has 0 amide bonds. The fourth-order valence-corrected chi connectivity index (χ4v) is 12.2. The zero-order chi connectivity index (χ0) is 33.9. The van der Waals surface area contributed by atoms with Crippen LogP contribution in [0.3, 0.4) is 0 Å². The van der Waals surface area contributed by atoms with Crippen LogP contribution in [0.1, 0.15) is 23.1 Å². The normalized spacial score (nSPS) is 19.7. The highest BCUT2D eigenvalue weighted by molar-refractivity contribution is 9.10. The first-order valence-electron chi connectivity index (χ1n) is 14.0. The standard InChI is InChI=1S/C14H12BrClN4O2S.C11H11BrO2S.C4H3Cl2N3/c15-8-1-2-9-11(3-8)20(5-14(9)6-23(21,22)7-14)12-10(16)4-18-13(17)19-12;12-9-1-2-10-8(5-9)3-4-11(10)6-15(13,14)7-11;5-2-1-8-4(7)9-3(2)6/h1-4H,5-7H2,(H2,17,18,19);1-2,5H,3-4,6-7H2;1H,(H2,7,8,9). The number of halogens is 5. The lowest BCUT2D eigenvalue weighted by Gasteiger charge is -2.38. The van der Waals surface area contributed by atoms with Gasteiger partial charge < -0.3 is 16.4 Å². The molecule has 0 radical (unpaired) electrons. The van der Waals surface area contributed by atoms with Crippen LogP contribution in [-0.4, -0.2) is 66.3 Å². The first kappa shape index (κ1) is 34.6. The monoisotopic (exact) mass is 863 g/mol. The van der Waals surface area contributed by atoms with Crippen molar-refractivity contribution in [2.24, 2.45) is 0 Å². The Bertz CT molecular complexity index is 2120. The molecular weight excluding hydrogens is 841 g/mol. The van der Waals surface area contributed by atoms with E-state index in [1.165, 1.54) is 23.5 Å². The van der Waals surface area contributed by atoms with E-state index in [9.17, 15) is 16.8 Å². The third-order valence-corrected chi connectivity index (χ3v) is 14.4. The maximum Gasteiger partial charge on any atom is 0.222 e. The smallest absolute Gasteiger partial charge is 0.222 e. The Labute approximate surface area is 303 Å². The molecule has 0 bridgehead atoms. The number of aromatic nitrogens is 4. The van der Waals surface area contributed by atoms with E-state index in [4.69, 9.17) is 46.3 Å². The van der Waals surface area contributed by atoms with Crippen LogP contribution < -0.4 is 16.4 Å². The molecule has 4 N–H and O–H groups in total. The average Bonchev–Trinajstić information content (AvgIpc) is 3.47. The molecule has 4 aromatic rings. The predicted octanol–water partition coefficient (Wildman–Crippen LogP) is 5.72. The van der Waals surface area contributed by atoms with Crippen molar-refractivity contribution in [3.05, 3.63) is 89.6 Å². The second-order valence-electron chi connectivity index (χ2n) is 11.9. The second-order valence-corrected chi connectivity index (χ2v) is 19.1. The average molecular weight is 867 g/mol. The lowest BCUT2D eigenvalue weighted by atomic mass is 9.85. The number of hydrogen-bond donors (Lipinski definition) is 2. The van der Waals surface area contributed by atoms with Crippen LogP contribution in [0.25, 0.3) is 0 Å². The Morgan fingerprint density at radius 1 is 0.745 bits per heavy atom. The van der Waals surface area contributed by atoms with Crippen molar-refractivity contribution >= 4 is 110 Å². The third kappa shape index (κ3) is 6.94. The Kier molecular flexibility index (Phi) is 9.24. The number of aryl methyl sites for hydroxylation is 1. The van der Waals surface area contributed by atoms with Crippen molar-refractivity contribution < 1.29 is 16.8 Å². The van der Waals surface area contributed by atoms with Gasteiger partial charge in [0.15, 0.2) is 30.6 Å². The zero-order valence-electron chi connectivity index (χ0n) is 24.3. The number of sulfone groups is 2. The van der Waals surface area contributed by atoms with E-state index in [0.717, 1.165) is 33.0 Å². The summed E-state index contributed by atoms with van der Waals surface area (Å²) in [5.41, 5.74) is 14.9. The highest BCUT2D eigenvalue weighted by Gasteiger charge is 2.56. The van der Waals surface area contributed by atoms with Gasteiger partial charge in [-0.2, -0.15) is 9.97 Å². The van der Waals surface area contributed by atoms with Crippen molar-refractivity contribution in [1.82, 2.24) is 19.9 Å².